The van der Waals surface area contributed by atoms with Crippen molar-refractivity contribution in [2.45, 2.75) is 66.0 Å². The average molecular weight is 556 g/mol. The highest BCUT2D eigenvalue weighted by Crippen LogP contribution is 2.21. The van der Waals surface area contributed by atoms with Crippen LogP contribution in [-0.2, 0) is 24.3 Å². The Kier molecular flexibility index (Phi) is 11.1. The number of unbranched alkanes of at least 4 members (excludes halogenated alkanes) is 2. The molecule has 0 aliphatic rings. The molecule has 220 valence electrons. The van der Waals surface area contributed by atoms with Gasteiger partial charge in [-0.05, 0) is 56.4 Å². The van der Waals surface area contributed by atoms with Crippen LogP contribution in [0.1, 0.15) is 57.6 Å². The number of hydrogen-bond acceptors (Lipinski definition) is 8. The molecule has 3 aromatic rings. The first kappa shape index (κ1) is 31.1. The Morgan fingerprint density at radius 2 is 1.90 bits per heavy atom. The van der Waals surface area contributed by atoms with Gasteiger partial charge in [-0.2, -0.15) is 9.97 Å². The summed E-state index contributed by atoms with van der Waals surface area (Å²) in [6.45, 7) is 11.0. The molecule has 0 fully saturated rings. The van der Waals surface area contributed by atoms with Crippen molar-refractivity contribution in [3.63, 3.8) is 0 Å². The number of nitrogens with one attached hydrogen (secondary N) is 1. The lowest BCUT2D eigenvalue weighted by Gasteiger charge is -2.35. The van der Waals surface area contributed by atoms with Crippen LogP contribution in [0.25, 0.3) is 11.2 Å². The number of nitrogens with two attached hydrogens (primary N) is 1. The number of nitrogen functional groups attached to an aromatic ring is 1. The number of aryl methyl sites for hydroxylation is 1. The van der Waals surface area contributed by atoms with Gasteiger partial charge in [0.05, 0.1) is 13.0 Å². The number of nitrogens with zero attached hydrogens (tertiary/aromatic N) is 5. The zero-order valence-electron chi connectivity index (χ0n) is 24.6. The number of carboxylic acids is 1. The number of aromatic nitrogens is 4. The number of hydrogen-bond donors (Lipinski definition) is 3. The van der Waals surface area contributed by atoms with Crippen LogP contribution in [0.5, 0.6) is 6.01 Å². The molecule has 0 spiro atoms. The summed E-state index contributed by atoms with van der Waals surface area (Å²) in [5.74, 6) is -0.632. The fourth-order valence-corrected chi connectivity index (χ4v) is 5.21. The van der Waals surface area contributed by atoms with Crippen LogP contribution in [-0.4, -0.2) is 80.7 Å². The maximum Gasteiger partial charge on any atom is 0.327 e. The van der Waals surface area contributed by atoms with Crippen molar-refractivity contribution in [1.82, 2.24) is 29.3 Å². The second-order valence-corrected chi connectivity index (χ2v) is 11.6. The predicted octanol–water partition coefficient (Wildman–Crippen LogP) is 3.38. The van der Waals surface area contributed by atoms with Crippen LogP contribution in [0.15, 0.2) is 29.1 Å². The summed E-state index contributed by atoms with van der Waals surface area (Å²) < 4.78 is 7.25. The number of carboxylic acid groups (broad SMARTS) is 1. The van der Waals surface area contributed by atoms with Crippen LogP contribution < -0.4 is 16.2 Å². The fourth-order valence-electron chi connectivity index (χ4n) is 5.21. The molecule has 0 saturated carbocycles. The smallest absolute Gasteiger partial charge is 0.327 e. The molecule has 11 heteroatoms. The van der Waals surface area contributed by atoms with Crippen LogP contribution in [0, 0.1) is 5.41 Å². The van der Waals surface area contributed by atoms with E-state index in [9.17, 15) is 14.7 Å². The predicted molar refractivity (Wildman–Crippen MR) is 158 cm³/mol. The molecule has 2 heterocycles. The van der Waals surface area contributed by atoms with Crippen molar-refractivity contribution < 1.29 is 14.6 Å². The molecule has 40 heavy (non-hydrogen) atoms. The number of anilines is 1. The Hall–Kier alpha value is -3.44. The van der Waals surface area contributed by atoms with Crippen molar-refractivity contribution in [3.8, 4) is 6.01 Å². The van der Waals surface area contributed by atoms with Gasteiger partial charge in [-0.3, -0.25) is 14.3 Å². The quantitative estimate of drug-likeness (QED) is 0.214. The summed E-state index contributed by atoms with van der Waals surface area (Å²) in [5.41, 5.74) is 8.66. The Morgan fingerprint density at radius 3 is 2.60 bits per heavy atom. The number of fused-ring (bicyclic) bond motifs is 1. The Bertz CT molecular complexity index is 1320. The van der Waals surface area contributed by atoms with Crippen LogP contribution in [0.4, 0.5) is 5.82 Å². The Balaban J connectivity index is 1.70. The standard InChI is InChI=1S/C29H45N7O4/c1-6-7-15-40-27-32-25(30)24-26(33-27)36(28(39)31-24)14-9-8-13-35(20-29(2,3)19-34(4)5)18-22-12-10-11-21(16-22)17-23(37)38/h10-12,16H,6-9,13-15,17-20H2,1-5H3,(H,31,39)(H,37,38)(H2,30,32,33). The van der Waals surface area contributed by atoms with E-state index in [0.29, 0.717) is 24.3 Å². The highest BCUT2D eigenvalue weighted by Gasteiger charge is 2.23. The van der Waals surface area contributed by atoms with Gasteiger partial charge in [0.15, 0.2) is 11.5 Å². The number of aromatic amines is 1. The molecule has 4 N–H and O–H groups in total. The summed E-state index contributed by atoms with van der Waals surface area (Å²) in [5, 5.41) is 9.20. The van der Waals surface area contributed by atoms with Gasteiger partial charge < -0.3 is 25.5 Å². The van der Waals surface area contributed by atoms with E-state index in [2.05, 4.69) is 59.6 Å². The lowest BCUT2D eigenvalue weighted by Crippen LogP contribution is -2.40. The van der Waals surface area contributed by atoms with Crippen molar-refractivity contribution in [1.29, 1.82) is 0 Å². The minimum absolute atomic E-state index is 0.0127. The van der Waals surface area contributed by atoms with E-state index in [-0.39, 0.29) is 29.4 Å². The topological polar surface area (TPSA) is 143 Å². The number of aliphatic carboxylic acids is 1. The average Bonchev–Trinajstić information content (AvgIpc) is 3.16. The van der Waals surface area contributed by atoms with E-state index >= 15 is 0 Å². The third-order valence-electron chi connectivity index (χ3n) is 6.61. The van der Waals surface area contributed by atoms with Crippen molar-refractivity contribution in [3.05, 3.63) is 45.9 Å². The summed E-state index contributed by atoms with van der Waals surface area (Å²) in [6.07, 6.45) is 3.52. The molecule has 11 nitrogen and oxygen atoms in total. The number of benzene rings is 1. The SMILES string of the molecule is CCCCOc1nc(N)c2[nH]c(=O)n(CCCCN(Cc3cccc(CC(=O)O)c3)CC(C)(C)CN(C)C)c2n1. The van der Waals surface area contributed by atoms with E-state index < -0.39 is 5.97 Å². The molecule has 0 atom stereocenters. The minimum atomic E-state index is -0.833. The minimum Gasteiger partial charge on any atom is -0.481 e. The number of H-pyrrole nitrogens is 1. The maximum absolute atomic E-state index is 12.7. The van der Waals surface area contributed by atoms with Crippen LogP contribution >= 0.6 is 0 Å². The van der Waals surface area contributed by atoms with Gasteiger partial charge in [0, 0.05) is 26.2 Å². The molecule has 0 bridgehead atoms. The normalized spacial score (nSPS) is 12.1. The van der Waals surface area contributed by atoms with E-state index in [0.717, 1.165) is 63.0 Å². The first-order chi connectivity index (χ1) is 19.0. The van der Waals surface area contributed by atoms with Gasteiger partial charge in [0.2, 0.25) is 0 Å². The highest BCUT2D eigenvalue weighted by atomic mass is 16.5. The second-order valence-electron chi connectivity index (χ2n) is 11.6. The molecule has 0 saturated heterocycles. The van der Waals surface area contributed by atoms with Crippen LogP contribution in [0.3, 0.4) is 0 Å². The second kappa shape index (κ2) is 14.3. The first-order valence-corrected chi connectivity index (χ1v) is 14.0. The number of carbonyl (C=O) groups is 1. The van der Waals surface area contributed by atoms with Crippen molar-refractivity contribution >= 4 is 23.0 Å². The number of rotatable bonds is 17. The summed E-state index contributed by atoms with van der Waals surface area (Å²) >= 11 is 0. The summed E-state index contributed by atoms with van der Waals surface area (Å²) in [4.78, 5) is 40.0. The molecule has 0 amide bonds. The maximum atomic E-state index is 12.7. The summed E-state index contributed by atoms with van der Waals surface area (Å²) in [6, 6.07) is 8.00. The third kappa shape index (κ3) is 9.34. The molecule has 1 aromatic carbocycles. The Morgan fingerprint density at radius 1 is 1.15 bits per heavy atom. The van der Waals surface area contributed by atoms with Gasteiger partial charge in [-0.15, -0.1) is 0 Å². The lowest BCUT2D eigenvalue weighted by molar-refractivity contribution is -0.136. The summed E-state index contributed by atoms with van der Waals surface area (Å²) in [7, 11) is 4.16. The monoisotopic (exact) mass is 555 g/mol. The van der Waals surface area contributed by atoms with Gasteiger partial charge in [-0.25, -0.2) is 4.79 Å². The zero-order chi connectivity index (χ0) is 29.3. The lowest BCUT2D eigenvalue weighted by atomic mass is 9.91. The highest BCUT2D eigenvalue weighted by molar-refractivity contribution is 5.81. The van der Waals surface area contributed by atoms with E-state index in [4.69, 9.17) is 10.5 Å². The van der Waals surface area contributed by atoms with E-state index in [1.807, 2.05) is 24.3 Å². The van der Waals surface area contributed by atoms with Crippen LogP contribution in [0.2, 0.25) is 0 Å². The first-order valence-electron chi connectivity index (χ1n) is 14.0. The molecule has 0 radical (unpaired) electrons. The van der Waals surface area contributed by atoms with Crippen molar-refractivity contribution in [2.75, 3.05) is 46.1 Å². The number of imidazole rings is 1. The fraction of sp³-hybridized carbons (Fsp3) is 0.586. The number of ether oxygens (including phenoxy) is 1. The van der Waals surface area contributed by atoms with Crippen molar-refractivity contribution in [2.24, 2.45) is 5.41 Å². The van der Waals surface area contributed by atoms with Gasteiger partial charge >= 0.3 is 17.7 Å². The molecule has 0 unspecified atom stereocenters. The molecular weight excluding hydrogens is 510 g/mol. The van der Waals surface area contributed by atoms with Gasteiger partial charge in [0.1, 0.15) is 5.52 Å². The van der Waals surface area contributed by atoms with E-state index in [1.54, 1.807) is 4.57 Å². The zero-order valence-corrected chi connectivity index (χ0v) is 24.6. The Labute approximate surface area is 236 Å². The molecular formula is C29H45N7O4. The molecule has 2 aromatic heterocycles. The van der Waals surface area contributed by atoms with E-state index in [1.165, 1.54) is 0 Å². The molecule has 3 rings (SSSR count). The molecule has 0 aliphatic carbocycles. The van der Waals surface area contributed by atoms with Gasteiger partial charge in [0.25, 0.3) is 0 Å². The van der Waals surface area contributed by atoms with Gasteiger partial charge in [-0.1, -0.05) is 51.5 Å². The molecule has 0 aliphatic heterocycles. The third-order valence-corrected chi connectivity index (χ3v) is 6.61. The largest absolute Gasteiger partial charge is 0.481 e.